The van der Waals surface area contributed by atoms with E-state index in [0.29, 0.717) is 17.1 Å². The van der Waals surface area contributed by atoms with E-state index in [4.69, 9.17) is 4.74 Å². The lowest BCUT2D eigenvalue weighted by Gasteiger charge is -2.08. The smallest absolute Gasteiger partial charge is 0.346 e. The molecule has 8 nitrogen and oxygen atoms in total. The average molecular weight is 379 g/mol. The zero-order chi connectivity index (χ0) is 19.5. The molecule has 0 atom stereocenters. The van der Waals surface area contributed by atoms with Crippen molar-refractivity contribution < 1.29 is 9.53 Å². The number of para-hydroxylation sites is 1. The molecule has 0 spiro atoms. The van der Waals surface area contributed by atoms with Crippen molar-refractivity contribution in [2.45, 2.75) is 25.4 Å². The summed E-state index contributed by atoms with van der Waals surface area (Å²) in [6.07, 6.45) is 5.34. The van der Waals surface area contributed by atoms with Gasteiger partial charge in [0.2, 0.25) is 0 Å². The lowest BCUT2D eigenvalue weighted by atomic mass is 10.2. The van der Waals surface area contributed by atoms with Gasteiger partial charge in [-0.15, -0.1) is 5.10 Å². The molecule has 0 bridgehead atoms. The molecular weight excluding hydrogens is 358 g/mol. The molecule has 3 aromatic rings. The quantitative estimate of drug-likeness (QED) is 0.677. The van der Waals surface area contributed by atoms with Crippen LogP contribution in [0.25, 0.3) is 11.4 Å². The summed E-state index contributed by atoms with van der Waals surface area (Å²) in [7, 11) is 1.52. The number of amides is 1. The van der Waals surface area contributed by atoms with E-state index >= 15 is 0 Å². The molecule has 2 heterocycles. The van der Waals surface area contributed by atoms with Crippen molar-refractivity contribution in [1.29, 1.82) is 0 Å². The first-order valence-corrected chi connectivity index (χ1v) is 9.20. The highest BCUT2D eigenvalue weighted by atomic mass is 16.5. The number of carbonyl (C=O) groups is 1. The second-order valence-corrected chi connectivity index (χ2v) is 6.63. The molecule has 144 valence electrons. The van der Waals surface area contributed by atoms with Gasteiger partial charge >= 0.3 is 5.69 Å². The van der Waals surface area contributed by atoms with Gasteiger partial charge in [-0.3, -0.25) is 14.3 Å². The van der Waals surface area contributed by atoms with Gasteiger partial charge in [0.25, 0.3) is 5.91 Å². The van der Waals surface area contributed by atoms with Gasteiger partial charge in [-0.05, 0) is 37.1 Å². The van der Waals surface area contributed by atoms with Crippen LogP contribution in [-0.2, 0) is 6.54 Å². The Kier molecular flexibility index (Phi) is 4.92. The number of ether oxygens (including phenoxy) is 1. The molecule has 0 saturated heterocycles. The highest BCUT2D eigenvalue weighted by molar-refractivity contribution is 5.96. The molecule has 1 aliphatic carbocycles. The number of aromatic nitrogens is 4. The molecule has 8 heteroatoms. The van der Waals surface area contributed by atoms with Crippen LogP contribution in [0, 0.1) is 0 Å². The van der Waals surface area contributed by atoms with Crippen molar-refractivity contribution in [3.05, 3.63) is 64.8 Å². The summed E-state index contributed by atoms with van der Waals surface area (Å²) in [5.74, 6) is 0.880. The van der Waals surface area contributed by atoms with Crippen LogP contribution in [-0.4, -0.2) is 38.9 Å². The largest absolute Gasteiger partial charge is 0.496 e. The van der Waals surface area contributed by atoms with Gasteiger partial charge in [-0.25, -0.2) is 9.48 Å². The highest BCUT2D eigenvalue weighted by Crippen LogP contribution is 2.36. The van der Waals surface area contributed by atoms with E-state index in [9.17, 15) is 9.59 Å². The summed E-state index contributed by atoms with van der Waals surface area (Å²) < 4.78 is 8.35. The molecular formula is C20H21N5O3. The predicted octanol–water partition coefficient (Wildman–Crippen LogP) is 1.88. The fourth-order valence-corrected chi connectivity index (χ4v) is 3.12. The second-order valence-electron chi connectivity index (χ2n) is 6.63. The Morgan fingerprint density at radius 3 is 2.79 bits per heavy atom. The summed E-state index contributed by atoms with van der Waals surface area (Å²) in [4.78, 5) is 29.3. The molecule has 1 amide bonds. The van der Waals surface area contributed by atoms with E-state index in [-0.39, 0.29) is 30.7 Å². The first-order chi connectivity index (χ1) is 13.7. The van der Waals surface area contributed by atoms with Crippen molar-refractivity contribution in [2.24, 2.45) is 0 Å². The van der Waals surface area contributed by atoms with E-state index < -0.39 is 0 Å². The lowest BCUT2D eigenvalue weighted by molar-refractivity contribution is 0.0948. The molecule has 1 fully saturated rings. The molecule has 4 rings (SSSR count). The standard InChI is InChI=1S/C20H21N5O3/c1-28-17-7-3-2-6-16(17)19(26)22-11-12-24-20(27)25(15-8-9-15)18(23-24)14-5-4-10-21-13-14/h2-7,10,13,15H,8-9,11-12H2,1H3,(H,22,26). The zero-order valence-electron chi connectivity index (χ0n) is 15.5. The van der Waals surface area contributed by atoms with Crippen LogP contribution in [0.4, 0.5) is 0 Å². The van der Waals surface area contributed by atoms with E-state index in [1.54, 1.807) is 41.2 Å². The molecule has 0 radical (unpaired) electrons. The number of hydrogen-bond donors (Lipinski definition) is 1. The van der Waals surface area contributed by atoms with Crippen molar-refractivity contribution in [3.8, 4) is 17.1 Å². The lowest BCUT2D eigenvalue weighted by Crippen LogP contribution is -2.32. The van der Waals surface area contributed by atoms with Crippen molar-refractivity contribution in [3.63, 3.8) is 0 Å². The van der Waals surface area contributed by atoms with E-state index in [1.807, 2.05) is 12.1 Å². The van der Waals surface area contributed by atoms with Gasteiger partial charge in [0, 0.05) is 30.5 Å². The Bertz CT molecular complexity index is 1040. The van der Waals surface area contributed by atoms with Crippen LogP contribution in [0.3, 0.4) is 0 Å². The molecule has 1 aliphatic rings. The van der Waals surface area contributed by atoms with E-state index in [1.165, 1.54) is 11.8 Å². The van der Waals surface area contributed by atoms with Gasteiger partial charge in [-0.2, -0.15) is 0 Å². The number of pyridine rings is 1. The number of nitrogens with one attached hydrogen (secondary N) is 1. The Morgan fingerprint density at radius 1 is 1.25 bits per heavy atom. The van der Waals surface area contributed by atoms with E-state index in [2.05, 4.69) is 15.4 Å². The fraction of sp³-hybridized carbons (Fsp3) is 0.300. The second kappa shape index (κ2) is 7.67. The maximum Gasteiger partial charge on any atom is 0.346 e. The molecule has 0 aliphatic heterocycles. The number of carbonyl (C=O) groups excluding carboxylic acids is 1. The number of hydrogen-bond acceptors (Lipinski definition) is 5. The van der Waals surface area contributed by atoms with Crippen LogP contribution in [0.5, 0.6) is 5.75 Å². The first kappa shape index (κ1) is 18.0. The van der Waals surface area contributed by atoms with E-state index in [0.717, 1.165) is 18.4 Å². The third kappa shape index (κ3) is 3.53. The SMILES string of the molecule is COc1ccccc1C(=O)NCCn1nc(-c2cccnc2)n(C2CC2)c1=O. The maximum absolute atomic E-state index is 12.8. The van der Waals surface area contributed by atoms with Crippen LogP contribution in [0.2, 0.25) is 0 Å². The summed E-state index contributed by atoms with van der Waals surface area (Å²) in [6.45, 7) is 0.567. The average Bonchev–Trinajstić information content (AvgIpc) is 3.52. The molecule has 1 N–H and O–H groups in total. The van der Waals surface area contributed by atoms with Gasteiger partial charge in [0.05, 0.1) is 19.2 Å². The Hall–Kier alpha value is -3.42. The summed E-state index contributed by atoms with van der Waals surface area (Å²) in [6, 6.07) is 10.9. The molecule has 2 aromatic heterocycles. The Balaban J connectivity index is 1.50. The van der Waals surface area contributed by atoms with Crippen molar-refractivity contribution >= 4 is 5.91 Å². The van der Waals surface area contributed by atoms with Crippen LogP contribution in [0.15, 0.2) is 53.6 Å². The number of methoxy groups -OCH3 is 1. The topological polar surface area (TPSA) is 91.0 Å². The predicted molar refractivity (Wildman–Crippen MR) is 103 cm³/mol. The Morgan fingerprint density at radius 2 is 2.07 bits per heavy atom. The van der Waals surface area contributed by atoms with Crippen LogP contribution in [0.1, 0.15) is 29.2 Å². The van der Waals surface area contributed by atoms with Gasteiger partial charge in [0.15, 0.2) is 5.82 Å². The summed E-state index contributed by atoms with van der Waals surface area (Å²) >= 11 is 0. The maximum atomic E-state index is 12.8. The third-order valence-corrected chi connectivity index (χ3v) is 4.66. The normalized spacial score (nSPS) is 13.3. The fourth-order valence-electron chi connectivity index (χ4n) is 3.12. The van der Waals surface area contributed by atoms with Gasteiger partial charge < -0.3 is 10.1 Å². The minimum absolute atomic E-state index is 0.159. The summed E-state index contributed by atoms with van der Waals surface area (Å²) in [5.41, 5.74) is 1.10. The number of benzene rings is 1. The van der Waals surface area contributed by atoms with Crippen molar-refractivity contribution in [2.75, 3.05) is 13.7 Å². The zero-order valence-corrected chi connectivity index (χ0v) is 15.5. The van der Waals surface area contributed by atoms with Gasteiger partial charge in [-0.1, -0.05) is 12.1 Å². The highest BCUT2D eigenvalue weighted by Gasteiger charge is 2.30. The minimum atomic E-state index is -0.250. The minimum Gasteiger partial charge on any atom is -0.496 e. The van der Waals surface area contributed by atoms with Crippen LogP contribution >= 0.6 is 0 Å². The third-order valence-electron chi connectivity index (χ3n) is 4.66. The first-order valence-electron chi connectivity index (χ1n) is 9.20. The molecule has 1 aromatic carbocycles. The molecule has 28 heavy (non-hydrogen) atoms. The van der Waals surface area contributed by atoms with Crippen molar-refractivity contribution in [1.82, 2.24) is 24.6 Å². The van der Waals surface area contributed by atoms with Gasteiger partial charge in [0.1, 0.15) is 5.75 Å². The number of nitrogens with zero attached hydrogens (tertiary/aromatic N) is 4. The number of rotatable bonds is 7. The summed E-state index contributed by atoms with van der Waals surface area (Å²) in [5, 5.41) is 7.32. The van der Waals surface area contributed by atoms with Crippen LogP contribution < -0.4 is 15.7 Å². The Labute approximate surface area is 161 Å². The monoisotopic (exact) mass is 379 g/mol. The molecule has 0 unspecified atom stereocenters. The molecule has 1 saturated carbocycles.